The molecule has 1 N–H and O–H groups in total. The van der Waals surface area contributed by atoms with Crippen molar-refractivity contribution < 1.29 is 42.1 Å². The number of likely N-dealkylation sites (N-methyl/N-ethyl adjacent to an activating group) is 1. The van der Waals surface area contributed by atoms with Gasteiger partial charge in [-0.2, -0.15) is 13.2 Å². The number of amides is 2. The van der Waals surface area contributed by atoms with Crippen LogP contribution in [0.5, 0.6) is 11.6 Å². The fraction of sp³-hybridized carbons (Fsp3) is 0.333. The van der Waals surface area contributed by atoms with Gasteiger partial charge in [0.2, 0.25) is 11.8 Å². The average molecular weight is 588 g/mol. The lowest BCUT2D eigenvalue weighted by Gasteiger charge is -2.28. The van der Waals surface area contributed by atoms with Gasteiger partial charge in [-0.3, -0.25) is 9.59 Å². The summed E-state index contributed by atoms with van der Waals surface area (Å²) in [6.07, 6.45) is -4.11. The summed E-state index contributed by atoms with van der Waals surface area (Å²) < 4.78 is 52.2. The molecule has 12 heteroatoms. The highest BCUT2D eigenvalue weighted by Crippen LogP contribution is 2.38. The Labute approximate surface area is 241 Å². The monoisotopic (exact) mass is 587 g/mol. The van der Waals surface area contributed by atoms with Crippen molar-refractivity contribution in [1.82, 2.24) is 9.88 Å². The number of aromatic carboxylic acids is 1. The van der Waals surface area contributed by atoms with Crippen molar-refractivity contribution in [2.24, 2.45) is 0 Å². The van der Waals surface area contributed by atoms with Gasteiger partial charge in [-0.1, -0.05) is 17.7 Å². The van der Waals surface area contributed by atoms with Crippen LogP contribution in [-0.2, 0) is 22.1 Å². The molecular weight excluding hydrogens is 555 g/mol. The highest BCUT2D eigenvalue weighted by atomic mass is 19.4. The molecule has 2 amide bonds. The number of hydrogen-bond acceptors (Lipinski definition) is 6. The first-order valence-corrected chi connectivity index (χ1v) is 13.0. The molecule has 0 aliphatic heterocycles. The minimum Gasteiger partial charge on any atom is -0.478 e. The molecule has 3 rings (SSSR count). The largest absolute Gasteiger partial charge is 0.478 e. The Morgan fingerprint density at radius 1 is 1.05 bits per heavy atom. The third kappa shape index (κ3) is 7.84. The lowest BCUT2D eigenvalue weighted by Crippen LogP contribution is -2.38. The number of alkyl halides is 3. The van der Waals surface area contributed by atoms with E-state index >= 15 is 0 Å². The maximum absolute atomic E-state index is 14.0. The van der Waals surface area contributed by atoms with E-state index < -0.39 is 41.4 Å². The Balaban J connectivity index is 1.95. The van der Waals surface area contributed by atoms with Crippen LogP contribution in [0.2, 0.25) is 0 Å². The van der Waals surface area contributed by atoms with Crippen LogP contribution in [0.15, 0.2) is 54.7 Å². The summed E-state index contributed by atoms with van der Waals surface area (Å²) in [6.45, 7) is 5.83. The number of pyridine rings is 1. The quantitative estimate of drug-likeness (QED) is 0.311. The highest BCUT2D eigenvalue weighted by Gasteiger charge is 2.36. The number of benzene rings is 2. The van der Waals surface area contributed by atoms with Gasteiger partial charge in [-0.25, -0.2) is 9.78 Å². The SMILES string of the molecule is COCCN(C)C(=O)Cc1cnc(Oc2ccc(N(C(=O)c3ccc(C)cc3)C(C)C)c(C(=O)O)c2)c(C(F)(F)F)c1. The second kappa shape index (κ2) is 13.5. The Morgan fingerprint density at radius 2 is 1.71 bits per heavy atom. The molecule has 0 spiro atoms. The number of carboxylic acid groups (broad SMARTS) is 1. The first-order chi connectivity index (χ1) is 19.7. The van der Waals surface area contributed by atoms with E-state index in [9.17, 15) is 32.7 Å². The first-order valence-electron chi connectivity index (χ1n) is 13.0. The lowest BCUT2D eigenvalue weighted by molar-refractivity contribution is -0.139. The highest BCUT2D eigenvalue weighted by molar-refractivity contribution is 6.09. The molecule has 0 aliphatic rings. The van der Waals surface area contributed by atoms with Crippen LogP contribution in [0.25, 0.3) is 0 Å². The van der Waals surface area contributed by atoms with Crippen LogP contribution in [0.4, 0.5) is 18.9 Å². The van der Waals surface area contributed by atoms with Crippen LogP contribution in [0.1, 0.15) is 51.3 Å². The summed E-state index contributed by atoms with van der Waals surface area (Å²) in [5, 5.41) is 9.95. The van der Waals surface area contributed by atoms with Crippen molar-refractivity contribution in [3.63, 3.8) is 0 Å². The molecule has 3 aromatic rings. The number of ether oxygens (including phenoxy) is 2. The molecule has 0 unspecified atom stereocenters. The molecule has 0 saturated carbocycles. The molecule has 0 aliphatic carbocycles. The van der Waals surface area contributed by atoms with E-state index in [1.807, 2.05) is 6.92 Å². The summed E-state index contributed by atoms with van der Waals surface area (Å²) in [5.41, 5.74) is -0.230. The predicted molar refractivity (Wildman–Crippen MR) is 149 cm³/mol. The third-order valence-corrected chi connectivity index (χ3v) is 6.33. The van der Waals surface area contributed by atoms with Crippen molar-refractivity contribution in [2.75, 3.05) is 32.2 Å². The molecule has 1 heterocycles. The zero-order valence-electron chi connectivity index (χ0n) is 23.9. The maximum atomic E-state index is 14.0. The van der Waals surface area contributed by atoms with Crippen LogP contribution in [0, 0.1) is 6.92 Å². The number of aromatic nitrogens is 1. The van der Waals surface area contributed by atoms with Crippen molar-refractivity contribution >= 4 is 23.5 Å². The van der Waals surface area contributed by atoms with Gasteiger partial charge in [-0.05, 0) is 62.7 Å². The van der Waals surface area contributed by atoms with Gasteiger partial charge < -0.3 is 24.4 Å². The number of nitrogens with zero attached hydrogens (tertiary/aromatic N) is 3. The van der Waals surface area contributed by atoms with E-state index in [-0.39, 0.29) is 42.1 Å². The van der Waals surface area contributed by atoms with E-state index in [0.717, 1.165) is 23.9 Å². The van der Waals surface area contributed by atoms with Crippen LogP contribution >= 0.6 is 0 Å². The molecule has 9 nitrogen and oxygen atoms in total. The average Bonchev–Trinajstić information content (AvgIpc) is 2.92. The number of carbonyl (C=O) groups is 3. The summed E-state index contributed by atoms with van der Waals surface area (Å²) in [5.74, 6) is -3.32. The molecule has 0 fully saturated rings. The van der Waals surface area contributed by atoms with Crippen molar-refractivity contribution in [1.29, 1.82) is 0 Å². The van der Waals surface area contributed by atoms with Crippen molar-refractivity contribution in [2.45, 2.75) is 39.4 Å². The van der Waals surface area contributed by atoms with E-state index in [2.05, 4.69) is 4.98 Å². The van der Waals surface area contributed by atoms with Gasteiger partial charge in [-0.15, -0.1) is 0 Å². The number of rotatable bonds is 11. The smallest absolute Gasteiger partial charge is 0.421 e. The molecule has 42 heavy (non-hydrogen) atoms. The molecule has 0 atom stereocenters. The normalized spacial score (nSPS) is 11.4. The minimum absolute atomic E-state index is 0.0210. The molecule has 224 valence electrons. The Hall–Kier alpha value is -4.45. The molecule has 0 bridgehead atoms. The van der Waals surface area contributed by atoms with Crippen LogP contribution < -0.4 is 9.64 Å². The maximum Gasteiger partial charge on any atom is 0.421 e. The lowest BCUT2D eigenvalue weighted by atomic mass is 10.1. The predicted octanol–water partition coefficient (Wildman–Crippen LogP) is 5.60. The topological polar surface area (TPSA) is 109 Å². The summed E-state index contributed by atoms with van der Waals surface area (Å²) in [4.78, 5) is 44.4. The zero-order chi connectivity index (χ0) is 31.2. The first kappa shape index (κ1) is 32.1. The molecule has 1 aromatic heterocycles. The third-order valence-electron chi connectivity index (χ3n) is 6.33. The molecular formula is C30H32F3N3O6. The summed E-state index contributed by atoms with van der Waals surface area (Å²) >= 11 is 0. The van der Waals surface area contributed by atoms with Crippen LogP contribution in [-0.4, -0.2) is 66.1 Å². The van der Waals surface area contributed by atoms with E-state index in [1.165, 1.54) is 36.1 Å². The van der Waals surface area contributed by atoms with E-state index in [1.54, 1.807) is 38.1 Å². The molecule has 0 saturated heterocycles. The number of anilines is 1. The van der Waals surface area contributed by atoms with E-state index in [4.69, 9.17) is 9.47 Å². The van der Waals surface area contributed by atoms with Crippen molar-refractivity contribution in [3.05, 3.63) is 82.5 Å². The number of carboxylic acids is 1. The second-order valence-electron chi connectivity index (χ2n) is 9.90. The number of methoxy groups -OCH3 is 1. The Bertz CT molecular complexity index is 1440. The molecule has 0 radical (unpaired) electrons. The van der Waals surface area contributed by atoms with Gasteiger partial charge in [0.1, 0.15) is 11.3 Å². The zero-order valence-corrected chi connectivity index (χ0v) is 23.9. The minimum atomic E-state index is -4.88. The summed E-state index contributed by atoms with van der Waals surface area (Å²) in [6, 6.07) is 10.7. The number of aryl methyl sites for hydroxylation is 1. The van der Waals surface area contributed by atoms with Gasteiger partial charge in [0.25, 0.3) is 5.91 Å². The number of carbonyl (C=O) groups excluding carboxylic acids is 2. The number of halogens is 3. The van der Waals surface area contributed by atoms with Gasteiger partial charge in [0, 0.05) is 38.5 Å². The number of hydrogen-bond donors (Lipinski definition) is 1. The Morgan fingerprint density at radius 3 is 2.29 bits per heavy atom. The van der Waals surface area contributed by atoms with Crippen molar-refractivity contribution in [3.8, 4) is 11.6 Å². The fourth-order valence-electron chi connectivity index (χ4n) is 4.07. The fourth-order valence-corrected chi connectivity index (χ4v) is 4.07. The Kier molecular flexibility index (Phi) is 10.3. The molecule has 2 aromatic carbocycles. The van der Waals surface area contributed by atoms with Gasteiger partial charge in [0.05, 0.1) is 24.3 Å². The van der Waals surface area contributed by atoms with E-state index in [0.29, 0.717) is 5.56 Å². The second-order valence-corrected chi connectivity index (χ2v) is 9.90. The summed E-state index contributed by atoms with van der Waals surface area (Å²) in [7, 11) is 2.98. The van der Waals surface area contributed by atoms with Crippen LogP contribution in [0.3, 0.4) is 0 Å². The standard InChI is InChI=1S/C30H32F3N3O6/c1-18(2)36(28(38)21-8-6-19(3)7-9-21)25-11-10-22(16-23(25)29(39)40)42-27-24(30(31,32)33)14-20(17-34-27)15-26(37)35(4)12-13-41-5/h6-11,14,16-18H,12-13,15H2,1-5H3,(H,39,40). The van der Waals surface area contributed by atoms with Gasteiger partial charge in [0.15, 0.2) is 0 Å². The van der Waals surface area contributed by atoms with Gasteiger partial charge >= 0.3 is 12.1 Å².